The molecule has 1 aliphatic rings. The number of benzene rings is 1. The number of aliphatic hydroxyl groups excluding tert-OH is 1. The van der Waals surface area contributed by atoms with E-state index in [4.69, 9.17) is 28.3 Å². The number of ether oxygens (including phenoxy) is 1. The summed E-state index contributed by atoms with van der Waals surface area (Å²) in [5, 5.41) is 38.9. The maximum atomic E-state index is 13.2. The van der Waals surface area contributed by atoms with E-state index in [1.54, 1.807) is 24.3 Å². The second-order valence-corrected chi connectivity index (χ2v) is 7.61. The average Bonchev–Trinajstić information content (AvgIpc) is 2.58. The number of rotatable bonds is 9. The summed E-state index contributed by atoms with van der Waals surface area (Å²) in [4.78, 5) is 0.405. The van der Waals surface area contributed by atoms with Gasteiger partial charge in [-0.3, -0.25) is 4.90 Å². The van der Waals surface area contributed by atoms with Crippen LogP contribution in [-0.4, -0.2) is 79.3 Å². The van der Waals surface area contributed by atoms with Crippen LogP contribution >= 0.6 is 0 Å². The van der Waals surface area contributed by atoms with Crippen molar-refractivity contribution in [2.75, 3.05) is 13.2 Å². The minimum Gasteiger partial charge on any atom is -0.493 e. The first-order valence-corrected chi connectivity index (χ1v) is 9.38. The van der Waals surface area contributed by atoms with Gasteiger partial charge in [-0.05, 0) is 42.9 Å². The van der Waals surface area contributed by atoms with E-state index in [2.05, 4.69) is 0 Å². The molecule has 6 radical (unpaired) electrons. The first-order valence-electron chi connectivity index (χ1n) is 9.38. The monoisotopic (exact) mass is 405 g/mol. The second-order valence-electron chi connectivity index (χ2n) is 7.61. The Morgan fingerprint density at radius 1 is 1.17 bits per heavy atom. The van der Waals surface area contributed by atoms with Gasteiger partial charge in [0.2, 0.25) is 5.92 Å². The van der Waals surface area contributed by atoms with Gasteiger partial charge in [0.25, 0.3) is 0 Å². The highest BCUT2D eigenvalue weighted by molar-refractivity contribution is 6.38. The highest BCUT2D eigenvalue weighted by Crippen LogP contribution is 2.36. The molecule has 1 aromatic carbocycles. The maximum absolute atomic E-state index is 13.2. The van der Waals surface area contributed by atoms with Crippen molar-refractivity contribution in [3.8, 4) is 5.75 Å². The summed E-state index contributed by atoms with van der Waals surface area (Å²) in [6.07, 6.45) is -0.631. The summed E-state index contributed by atoms with van der Waals surface area (Å²) in [6.45, 7) is -0.0307. The fourth-order valence-electron chi connectivity index (χ4n) is 3.32. The zero-order valence-corrected chi connectivity index (χ0v) is 16.0. The SMILES string of the molecule is [B]C([B])(O)N(CCC(O)c1cccc(OCC2CCC(F)(F)CC2)c1)C([B])(O)O. The molecule has 1 aromatic rings. The van der Waals surface area contributed by atoms with Crippen LogP contribution < -0.4 is 4.74 Å². The molecule has 154 valence electrons. The lowest BCUT2D eigenvalue weighted by molar-refractivity contribution is -0.236. The highest BCUT2D eigenvalue weighted by Gasteiger charge is 2.36. The van der Waals surface area contributed by atoms with Crippen LogP contribution in [0.3, 0.4) is 0 Å². The predicted molar refractivity (Wildman–Crippen MR) is 105 cm³/mol. The largest absolute Gasteiger partial charge is 0.493 e. The molecule has 0 amide bonds. The Labute approximate surface area is 173 Å². The Hall–Kier alpha value is -1.13. The number of aliphatic hydroxyl groups is 4. The zero-order valence-electron chi connectivity index (χ0n) is 16.0. The fraction of sp³-hybridized carbons (Fsp3) is 0.667. The Balaban J connectivity index is 1.91. The number of halogens is 2. The minimum absolute atomic E-state index is 0.0512. The van der Waals surface area contributed by atoms with Crippen LogP contribution in [0.4, 0.5) is 8.78 Å². The summed E-state index contributed by atoms with van der Waals surface area (Å²) in [5.74, 6) is -5.05. The van der Waals surface area contributed by atoms with Crippen LogP contribution in [0, 0.1) is 5.92 Å². The molecular weight excluding hydrogens is 381 g/mol. The number of nitrogens with zero attached hydrogens (tertiary/aromatic N) is 1. The van der Waals surface area contributed by atoms with Crippen LogP contribution in [-0.2, 0) is 0 Å². The Morgan fingerprint density at radius 2 is 1.79 bits per heavy atom. The van der Waals surface area contributed by atoms with Gasteiger partial charge in [-0.2, -0.15) is 0 Å². The van der Waals surface area contributed by atoms with Crippen molar-refractivity contribution in [2.24, 2.45) is 5.92 Å². The standard InChI is InChI=1S/C18H24B3F2NO5/c19-17(20,26)24(18(21,27)28)9-6-15(25)13-2-1-3-14(10-13)29-11-12-4-7-16(22,23)8-5-12/h1-3,10,12,15,25-28H,4-9,11H2. The first kappa shape index (κ1) is 24.1. The predicted octanol–water partition coefficient (Wildman–Crippen LogP) is 0.321. The Morgan fingerprint density at radius 3 is 2.34 bits per heavy atom. The molecule has 1 saturated carbocycles. The smallest absolute Gasteiger partial charge is 0.248 e. The fourth-order valence-corrected chi connectivity index (χ4v) is 3.32. The molecule has 11 heteroatoms. The topological polar surface area (TPSA) is 93.4 Å². The van der Waals surface area contributed by atoms with Gasteiger partial charge >= 0.3 is 0 Å². The molecule has 4 N–H and O–H groups in total. The maximum Gasteiger partial charge on any atom is 0.248 e. The number of hydrogen-bond acceptors (Lipinski definition) is 6. The molecule has 0 spiro atoms. The van der Waals surface area contributed by atoms with E-state index in [9.17, 15) is 29.2 Å². The normalized spacial score (nSPS) is 19.3. The lowest BCUT2D eigenvalue weighted by atomic mass is 9.70. The summed E-state index contributed by atoms with van der Waals surface area (Å²) >= 11 is 0. The van der Waals surface area contributed by atoms with Crippen LogP contribution in [0.1, 0.15) is 43.8 Å². The molecule has 29 heavy (non-hydrogen) atoms. The molecule has 1 aliphatic carbocycles. The van der Waals surface area contributed by atoms with E-state index >= 15 is 0 Å². The minimum atomic E-state index is -2.99. The zero-order chi connectivity index (χ0) is 21.9. The van der Waals surface area contributed by atoms with E-state index in [0.717, 1.165) is 0 Å². The van der Waals surface area contributed by atoms with Crippen molar-refractivity contribution in [1.82, 2.24) is 4.90 Å². The van der Waals surface area contributed by atoms with Gasteiger partial charge in [-0.25, -0.2) is 8.78 Å². The molecule has 6 nitrogen and oxygen atoms in total. The van der Waals surface area contributed by atoms with Gasteiger partial charge in [-0.1, -0.05) is 12.1 Å². The van der Waals surface area contributed by atoms with Crippen molar-refractivity contribution < 1.29 is 33.9 Å². The molecular formula is C18H24B3F2NO5. The molecule has 0 bridgehead atoms. The number of hydrogen-bond donors (Lipinski definition) is 4. The van der Waals surface area contributed by atoms with Crippen LogP contribution in [0.25, 0.3) is 0 Å². The summed E-state index contributed by atoms with van der Waals surface area (Å²) in [6, 6.07) is 6.57. The molecule has 0 heterocycles. The van der Waals surface area contributed by atoms with Crippen molar-refractivity contribution in [2.45, 2.75) is 55.5 Å². The van der Waals surface area contributed by atoms with Gasteiger partial charge in [-0.15, -0.1) is 0 Å². The van der Waals surface area contributed by atoms with E-state index in [-0.39, 0.29) is 31.7 Å². The third-order valence-corrected chi connectivity index (χ3v) is 5.02. The van der Waals surface area contributed by atoms with Crippen LogP contribution in [0.2, 0.25) is 0 Å². The van der Waals surface area contributed by atoms with Gasteiger partial charge in [0.05, 0.1) is 12.7 Å². The Bertz CT molecular complexity index is 646. The molecule has 1 fully saturated rings. The second kappa shape index (κ2) is 9.35. The van der Waals surface area contributed by atoms with Crippen molar-refractivity contribution >= 4 is 23.5 Å². The first-order chi connectivity index (χ1) is 13.3. The van der Waals surface area contributed by atoms with E-state index < -0.39 is 23.4 Å². The lowest BCUT2D eigenvalue weighted by Gasteiger charge is -2.43. The summed E-state index contributed by atoms with van der Waals surface area (Å²) in [5.41, 5.74) is -2.14. The molecule has 1 unspecified atom stereocenters. The third-order valence-electron chi connectivity index (χ3n) is 5.02. The Kier molecular flexibility index (Phi) is 7.78. The van der Waals surface area contributed by atoms with Gasteiger partial charge in [0, 0.05) is 24.9 Å². The molecule has 0 aliphatic heterocycles. The third kappa shape index (κ3) is 7.57. The summed E-state index contributed by atoms with van der Waals surface area (Å²) in [7, 11) is 15.6. The van der Waals surface area contributed by atoms with Crippen molar-refractivity contribution in [1.29, 1.82) is 0 Å². The van der Waals surface area contributed by atoms with Crippen molar-refractivity contribution in [3.05, 3.63) is 29.8 Å². The molecule has 2 rings (SSSR count). The quantitative estimate of drug-likeness (QED) is 0.350. The lowest BCUT2D eigenvalue weighted by Crippen LogP contribution is -2.62. The van der Waals surface area contributed by atoms with E-state index in [0.29, 0.717) is 35.7 Å². The van der Waals surface area contributed by atoms with Crippen molar-refractivity contribution in [3.63, 3.8) is 0 Å². The van der Waals surface area contributed by atoms with Gasteiger partial charge in [0.1, 0.15) is 21.4 Å². The average molecular weight is 405 g/mol. The highest BCUT2D eigenvalue weighted by atomic mass is 19.3. The van der Waals surface area contributed by atoms with E-state index in [1.807, 2.05) is 0 Å². The van der Waals surface area contributed by atoms with E-state index in [1.165, 1.54) is 0 Å². The molecule has 0 saturated heterocycles. The number of alkyl halides is 2. The van der Waals surface area contributed by atoms with Gasteiger partial charge in [0.15, 0.2) is 13.7 Å². The molecule has 1 atom stereocenters. The van der Waals surface area contributed by atoms with Crippen LogP contribution in [0.5, 0.6) is 5.75 Å². The summed E-state index contributed by atoms with van der Waals surface area (Å²) < 4.78 is 32.1. The van der Waals surface area contributed by atoms with Gasteiger partial charge < -0.3 is 25.2 Å². The molecule has 0 aromatic heterocycles. The van der Waals surface area contributed by atoms with Crippen LogP contribution in [0.15, 0.2) is 24.3 Å².